The molecule has 0 aliphatic heterocycles. The van der Waals surface area contributed by atoms with Crippen LogP contribution < -0.4 is 21.3 Å². The molecule has 6 rings (SSSR count). The van der Waals surface area contributed by atoms with Crippen LogP contribution >= 0.6 is 22.7 Å². The molecule has 4 heterocycles. The highest BCUT2D eigenvalue weighted by molar-refractivity contribution is 7.22. The van der Waals surface area contributed by atoms with Crippen LogP contribution in [-0.4, -0.2) is 54.1 Å². The number of anilines is 4. The maximum atomic E-state index is 13.3. The highest BCUT2D eigenvalue weighted by atomic mass is 32.1. The zero-order chi connectivity index (χ0) is 39.2. The summed E-state index contributed by atoms with van der Waals surface area (Å²) in [6.07, 6.45) is 4.58. The molecule has 6 aromatic rings. The van der Waals surface area contributed by atoms with E-state index >= 15 is 0 Å². The van der Waals surface area contributed by atoms with Crippen LogP contribution in [0.4, 0.5) is 23.0 Å². The molecule has 4 aromatic heterocycles. The van der Waals surface area contributed by atoms with Gasteiger partial charge in [0.05, 0.1) is 34.6 Å². The number of amides is 3. The number of hydrogen-bond donors (Lipinski definition) is 4. The van der Waals surface area contributed by atoms with Gasteiger partial charge in [0, 0.05) is 51.2 Å². The molecule has 0 aliphatic carbocycles. The summed E-state index contributed by atoms with van der Waals surface area (Å²) in [5.41, 5.74) is 4.52. The molecule has 0 saturated carbocycles. The van der Waals surface area contributed by atoms with Gasteiger partial charge in [-0.25, -0.2) is 9.97 Å². The molecule has 0 atom stereocenters. The van der Waals surface area contributed by atoms with Crippen LogP contribution in [0.15, 0.2) is 103 Å². The van der Waals surface area contributed by atoms with E-state index in [9.17, 15) is 14.4 Å². The number of pyridine rings is 1. The Kier molecular flexibility index (Phi) is 12.0. The zero-order valence-corrected chi connectivity index (χ0v) is 34.2. The number of aromatic nitrogens is 3. The average molecular weight is 790 g/mol. The van der Waals surface area contributed by atoms with Gasteiger partial charge in [-0.15, -0.1) is 22.7 Å². The minimum atomic E-state index is -1.92. The first-order chi connectivity index (χ1) is 26.3. The summed E-state index contributed by atoms with van der Waals surface area (Å²) >= 11 is 3.02. The fourth-order valence-corrected chi connectivity index (χ4v) is 8.03. The fourth-order valence-electron chi connectivity index (χ4n) is 5.25. The molecule has 4 N–H and O–H groups in total. The van der Waals surface area contributed by atoms with Gasteiger partial charge in [0.1, 0.15) is 0 Å². The van der Waals surface area contributed by atoms with E-state index in [1.165, 1.54) is 23.7 Å². The highest BCUT2D eigenvalue weighted by Crippen LogP contribution is 2.36. The van der Waals surface area contributed by atoms with E-state index in [1.54, 1.807) is 53.9 Å². The Bertz CT molecular complexity index is 2320. The van der Waals surface area contributed by atoms with Gasteiger partial charge in [0.2, 0.25) is 5.95 Å². The predicted molar refractivity (Wildman–Crippen MR) is 225 cm³/mol. The third-order valence-electron chi connectivity index (χ3n) is 9.35. The molecule has 2 aromatic carbocycles. The van der Waals surface area contributed by atoms with Gasteiger partial charge >= 0.3 is 0 Å². The van der Waals surface area contributed by atoms with Crippen LogP contribution in [0.1, 0.15) is 56.7 Å². The minimum Gasteiger partial charge on any atom is -0.415 e. The summed E-state index contributed by atoms with van der Waals surface area (Å²) in [7, 11) is -1.92. The molecule has 55 heavy (non-hydrogen) atoms. The van der Waals surface area contributed by atoms with E-state index < -0.39 is 14.2 Å². The second-order valence-corrected chi connectivity index (χ2v) is 21.2. The van der Waals surface area contributed by atoms with E-state index in [-0.39, 0.29) is 22.4 Å². The van der Waals surface area contributed by atoms with Crippen molar-refractivity contribution in [2.75, 3.05) is 29.1 Å². The Morgan fingerprint density at radius 1 is 0.836 bits per heavy atom. The van der Waals surface area contributed by atoms with Crippen LogP contribution in [-0.2, 0) is 4.43 Å². The minimum absolute atomic E-state index is 0.0859. The fraction of sp³-hybridized carbons (Fsp3) is 0.220. The molecule has 0 aliphatic rings. The largest absolute Gasteiger partial charge is 0.415 e. The number of carbonyl (C=O) groups is 3. The van der Waals surface area contributed by atoms with Gasteiger partial charge in [-0.3, -0.25) is 19.4 Å². The van der Waals surface area contributed by atoms with Gasteiger partial charge in [-0.2, -0.15) is 0 Å². The lowest BCUT2D eigenvalue weighted by molar-refractivity contribution is 0.0945. The second kappa shape index (κ2) is 16.9. The third-order valence-corrected chi connectivity index (χ3v) is 16.0. The third kappa shape index (κ3) is 9.77. The van der Waals surface area contributed by atoms with Crippen LogP contribution in [0.2, 0.25) is 18.1 Å². The van der Waals surface area contributed by atoms with Gasteiger partial charge in [-0.1, -0.05) is 51.1 Å². The second-order valence-electron chi connectivity index (χ2n) is 14.3. The average Bonchev–Trinajstić information content (AvgIpc) is 3.88. The Hall–Kier alpha value is -5.54. The van der Waals surface area contributed by atoms with Crippen molar-refractivity contribution >= 4 is 71.7 Å². The van der Waals surface area contributed by atoms with Crippen LogP contribution in [0.25, 0.3) is 21.0 Å². The number of nitrogens with one attached hydrogen (secondary N) is 4. The number of hydrogen-bond acceptors (Lipinski definition) is 10. The lowest BCUT2D eigenvalue weighted by Gasteiger charge is -2.36. The Balaban J connectivity index is 1.10. The van der Waals surface area contributed by atoms with E-state index in [0.29, 0.717) is 57.9 Å². The Morgan fingerprint density at radius 2 is 1.64 bits per heavy atom. The predicted octanol–water partition coefficient (Wildman–Crippen LogP) is 9.64. The van der Waals surface area contributed by atoms with Crippen molar-refractivity contribution in [1.29, 1.82) is 0 Å². The molecule has 0 saturated heterocycles. The van der Waals surface area contributed by atoms with Crippen molar-refractivity contribution < 1.29 is 18.8 Å². The normalized spacial score (nSPS) is 11.5. The van der Waals surface area contributed by atoms with Crippen molar-refractivity contribution in [3.8, 4) is 21.0 Å². The number of nitrogens with zero attached hydrogens (tertiary/aromatic N) is 3. The van der Waals surface area contributed by atoms with Gasteiger partial charge < -0.3 is 25.7 Å². The van der Waals surface area contributed by atoms with Gasteiger partial charge in [0.25, 0.3) is 17.7 Å². The standard InChI is InChI=1S/C41H43N7O4S2Si/c1-26-13-14-28(45-37(49)27-22-29(25-42-24-27)46-39(51)36-16-15-35(54-36)34-12-9-21-53-34)23-33(26)48-40-44-18-17-32(47-40)30-10-7-8-11-31(30)38(50)43-19-20-52-55(5,6)41(2,3)4/h7-18,21-25H,19-20H2,1-6H3,(H,43,50)(H,45,49)(H,46,51)(H,44,47,48). The number of rotatable bonds is 13. The van der Waals surface area contributed by atoms with E-state index in [2.05, 4.69) is 65.1 Å². The summed E-state index contributed by atoms with van der Waals surface area (Å²) in [5, 5.41) is 14.1. The molecule has 0 bridgehead atoms. The van der Waals surface area contributed by atoms with Crippen LogP contribution in [0, 0.1) is 6.92 Å². The van der Waals surface area contributed by atoms with E-state index in [1.807, 2.05) is 54.8 Å². The molecule has 3 amide bonds. The molecule has 14 heteroatoms. The van der Waals surface area contributed by atoms with Crippen molar-refractivity contribution in [3.05, 3.63) is 124 Å². The molecule has 282 valence electrons. The lowest BCUT2D eigenvalue weighted by Crippen LogP contribution is -2.42. The van der Waals surface area contributed by atoms with Crippen LogP contribution in [0.5, 0.6) is 0 Å². The summed E-state index contributed by atoms with van der Waals surface area (Å²) in [6.45, 7) is 13.7. The zero-order valence-electron chi connectivity index (χ0n) is 31.5. The molecule has 11 nitrogen and oxygen atoms in total. The lowest BCUT2D eigenvalue weighted by atomic mass is 10.0. The van der Waals surface area contributed by atoms with Gasteiger partial charge in [0.15, 0.2) is 8.32 Å². The SMILES string of the molecule is Cc1ccc(NC(=O)c2cncc(NC(=O)c3ccc(-c4cccs4)s3)c2)cc1Nc1nccc(-c2ccccc2C(=O)NCCO[Si](C)(C)C(C)(C)C)n1. The van der Waals surface area contributed by atoms with E-state index in [4.69, 9.17) is 9.41 Å². The van der Waals surface area contributed by atoms with Crippen molar-refractivity contribution in [1.82, 2.24) is 20.3 Å². The molecule has 0 unspecified atom stereocenters. The summed E-state index contributed by atoms with van der Waals surface area (Å²) in [6, 6.07) is 23.8. The first-order valence-corrected chi connectivity index (χ1v) is 22.3. The summed E-state index contributed by atoms with van der Waals surface area (Å²) < 4.78 is 6.23. The molecule has 0 fully saturated rings. The smallest absolute Gasteiger partial charge is 0.265 e. The highest BCUT2D eigenvalue weighted by Gasteiger charge is 2.36. The maximum Gasteiger partial charge on any atom is 0.265 e. The monoisotopic (exact) mass is 789 g/mol. The van der Waals surface area contributed by atoms with E-state index in [0.717, 1.165) is 15.3 Å². The number of aryl methyl sites for hydroxylation is 1. The van der Waals surface area contributed by atoms with Crippen LogP contribution in [0.3, 0.4) is 0 Å². The number of carbonyl (C=O) groups excluding carboxylic acids is 3. The first-order valence-electron chi connectivity index (χ1n) is 17.7. The van der Waals surface area contributed by atoms with Gasteiger partial charge in [-0.05, 0) is 84.5 Å². The van der Waals surface area contributed by atoms with Crippen molar-refractivity contribution in [2.24, 2.45) is 0 Å². The maximum absolute atomic E-state index is 13.3. The molecular weight excluding hydrogens is 747 g/mol. The first kappa shape index (κ1) is 39.2. The number of thiophene rings is 2. The molecular formula is C41H43N7O4S2Si. The van der Waals surface area contributed by atoms with Crippen molar-refractivity contribution in [3.63, 3.8) is 0 Å². The molecule has 0 spiro atoms. The molecule has 0 radical (unpaired) electrons. The Morgan fingerprint density at radius 3 is 2.42 bits per heavy atom. The van der Waals surface area contributed by atoms with Crippen molar-refractivity contribution in [2.45, 2.75) is 45.8 Å². The Labute approximate surface area is 329 Å². The summed E-state index contributed by atoms with van der Waals surface area (Å²) in [5.74, 6) is -0.560. The topological polar surface area (TPSA) is 147 Å². The quantitative estimate of drug-likeness (QED) is 0.0668. The number of benzene rings is 2. The summed E-state index contributed by atoms with van der Waals surface area (Å²) in [4.78, 5) is 55.6.